The van der Waals surface area contributed by atoms with Gasteiger partial charge in [-0.1, -0.05) is 74.1 Å². The van der Waals surface area contributed by atoms with Crippen LogP contribution in [0.2, 0.25) is 0 Å². The molecule has 0 spiro atoms. The van der Waals surface area contributed by atoms with Gasteiger partial charge in [0.15, 0.2) is 5.13 Å². The van der Waals surface area contributed by atoms with Crippen molar-refractivity contribution < 1.29 is 35.1 Å². The van der Waals surface area contributed by atoms with Gasteiger partial charge in [-0.05, 0) is 55.2 Å². The molecule has 13 heteroatoms. The molecule has 0 fully saturated rings. The Morgan fingerprint density at radius 2 is 1.72 bits per heavy atom. The summed E-state index contributed by atoms with van der Waals surface area (Å²) in [5, 5.41) is 3.12. The highest BCUT2D eigenvalue weighted by molar-refractivity contribution is 7.93. The zero-order valence-corrected chi connectivity index (χ0v) is 26.9. The summed E-state index contributed by atoms with van der Waals surface area (Å²) < 4.78 is 107. The summed E-state index contributed by atoms with van der Waals surface area (Å²) in [5.41, 5.74) is -0.828. The number of rotatable bonds is 5. The topological polar surface area (TPSA) is 80.3 Å². The van der Waals surface area contributed by atoms with E-state index in [4.69, 9.17) is 4.74 Å². The number of nitrogens with zero attached hydrogens (tertiary/aromatic N) is 1. The Morgan fingerprint density at radius 3 is 2.50 bits per heavy atom. The van der Waals surface area contributed by atoms with Crippen LogP contribution < -0.4 is 14.8 Å². The lowest BCUT2D eigenvalue weighted by atomic mass is 9.89. The average molecular weight is 680 g/mol. The summed E-state index contributed by atoms with van der Waals surface area (Å²) in [5.74, 6) is -2.92. The molecule has 0 atom stereocenters. The highest BCUT2D eigenvalue weighted by atomic mass is 32.2. The van der Waals surface area contributed by atoms with Gasteiger partial charge in [-0.3, -0.25) is 4.72 Å². The van der Waals surface area contributed by atoms with Gasteiger partial charge >= 0.3 is 6.18 Å². The molecular weight excluding hydrogens is 646 g/mol. The van der Waals surface area contributed by atoms with Crippen LogP contribution in [-0.2, 0) is 15.9 Å². The Balaban J connectivity index is 1.58. The first-order valence-corrected chi connectivity index (χ1v) is 17.1. The molecular formula is C33H34F5N3O3S2. The van der Waals surface area contributed by atoms with Gasteiger partial charge in [0.2, 0.25) is 0 Å². The van der Waals surface area contributed by atoms with E-state index in [1.807, 2.05) is 0 Å². The smallest absolute Gasteiger partial charge is 0.394 e. The van der Waals surface area contributed by atoms with Gasteiger partial charge in [0.05, 0.1) is 27.5 Å². The van der Waals surface area contributed by atoms with E-state index in [9.17, 15) is 21.6 Å². The third kappa shape index (κ3) is 7.63. The molecule has 0 aliphatic carbocycles. The highest BCUT2D eigenvalue weighted by Gasteiger charge is 2.46. The Kier molecular flexibility index (Phi) is 9.65. The van der Waals surface area contributed by atoms with E-state index in [2.05, 4.69) is 15.0 Å². The summed E-state index contributed by atoms with van der Waals surface area (Å²) in [4.78, 5) is 4.93. The third-order valence-corrected chi connectivity index (χ3v) is 10.4. The van der Waals surface area contributed by atoms with Gasteiger partial charge < -0.3 is 10.1 Å². The van der Waals surface area contributed by atoms with E-state index in [1.165, 1.54) is 30.3 Å². The van der Waals surface area contributed by atoms with Gasteiger partial charge in [0.1, 0.15) is 5.75 Å². The largest absolute Gasteiger partial charge is 0.494 e. The van der Waals surface area contributed by atoms with Crippen LogP contribution in [0, 0.1) is 5.41 Å². The number of hydrogen-bond donors (Lipinski definition) is 2. The summed E-state index contributed by atoms with van der Waals surface area (Å²) in [7, 11) is -4.11. The number of aromatic nitrogens is 1. The minimum atomic E-state index is -4.40. The van der Waals surface area contributed by atoms with Crippen molar-refractivity contribution in [2.45, 2.75) is 62.9 Å². The molecule has 1 aromatic heterocycles. The molecule has 246 valence electrons. The number of fused-ring (bicyclic) bond motifs is 6. The number of halogens is 5. The van der Waals surface area contributed by atoms with Crippen LogP contribution in [-0.4, -0.2) is 32.7 Å². The van der Waals surface area contributed by atoms with Crippen molar-refractivity contribution in [3.63, 3.8) is 0 Å². The molecule has 0 saturated heterocycles. The fourth-order valence-electron chi connectivity index (χ4n) is 5.01. The predicted octanol–water partition coefficient (Wildman–Crippen LogP) is 9.71. The number of thiazole rings is 1. The van der Waals surface area contributed by atoms with Crippen molar-refractivity contribution in [1.82, 2.24) is 4.98 Å². The predicted molar refractivity (Wildman–Crippen MR) is 171 cm³/mol. The lowest BCUT2D eigenvalue weighted by Crippen LogP contribution is -2.33. The SMILES string of the molecule is CC(C)(CCOc1cccc(-c2sc3nc2-c2ccccc2C(F)(F)CCCCCNc2cccc(c2)S(=O)(=O)N3)c1)C(F)(F)F. The fraction of sp³-hybridized carbons (Fsp3) is 0.364. The van der Waals surface area contributed by atoms with Gasteiger partial charge in [-0.2, -0.15) is 13.2 Å². The molecule has 0 amide bonds. The lowest BCUT2D eigenvalue weighted by Gasteiger charge is -2.27. The summed E-state index contributed by atoms with van der Waals surface area (Å²) in [6, 6.07) is 18.8. The van der Waals surface area contributed by atoms with Gasteiger partial charge in [-0.25, -0.2) is 22.2 Å². The zero-order valence-electron chi connectivity index (χ0n) is 25.3. The molecule has 5 rings (SSSR count). The van der Waals surface area contributed by atoms with Gasteiger partial charge in [0.25, 0.3) is 15.9 Å². The van der Waals surface area contributed by atoms with Crippen LogP contribution in [0.4, 0.5) is 32.8 Å². The summed E-state index contributed by atoms with van der Waals surface area (Å²) in [6.45, 7) is 2.50. The molecule has 1 aliphatic heterocycles. The van der Waals surface area contributed by atoms with Gasteiger partial charge in [-0.15, -0.1) is 0 Å². The maximum atomic E-state index is 15.8. The molecule has 4 bridgehead atoms. The Bertz CT molecular complexity index is 1790. The second-order valence-electron chi connectivity index (χ2n) is 11.8. The molecule has 2 heterocycles. The second-order valence-corrected chi connectivity index (χ2v) is 14.5. The molecule has 2 N–H and O–H groups in total. The van der Waals surface area contributed by atoms with E-state index >= 15 is 8.78 Å². The molecule has 0 unspecified atom stereocenters. The Labute approximate surface area is 269 Å². The van der Waals surface area contributed by atoms with E-state index in [1.54, 1.807) is 42.5 Å². The molecule has 1 aliphatic rings. The molecule has 46 heavy (non-hydrogen) atoms. The number of anilines is 2. The summed E-state index contributed by atoms with van der Waals surface area (Å²) >= 11 is 0.961. The minimum absolute atomic E-state index is 0.00391. The quantitative estimate of drug-likeness (QED) is 0.205. The van der Waals surface area contributed by atoms with Crippen LogP contribution in [0.15, 0.2) is 77.7 Å². The molecule has 0 radical (unpaired) electrons. The Hall–Kier alpha value is -3.71. The molecule has 4 aromatic rings. The average Bonchev–Trinajstić information content (AvgIpc) is 3.41. The van der Waals surface area contributed by atoms with Crippen molar-refractivity contribution in [3.05, 3.63) is 78.4 Å². The van der Waals surface area contributed by atoms with Gasteiger partial charge in [0, 0.05) is 29.8 Å². The van der Waals surface area contributed by atoms with E-state index < -0.39 is 27.5 Å². The van der Waals surface area contributed by atoms with Crippen LogP contribution in [0.25, 0.3) is 21.7 Å². The monoisotopic (exact) mass is 679 g/mol. The highest BCUT2D eigenvalue weighted by Crippen LogP contribution is 2.46. The summed E-state index contributed by atoms with van der Waals surface area (Å²) in [6.07, 6.45) is -3.61. The first kappa shape index (κ1) is 33.6. The lowest BCUT2D eigenvalue weighted by molar-refractivity contribution is -0.215. The van der Waals surface area contributed by atoms with Crippen LogP contribution in [0.5, 0.6) is 5.75 Å². The van der Waals surface area contributed by atoms with E-state index in [0.29, 0.717) is 35.5 Å². The number of ether oxygens (including phenoxy) is 1. The number of sulfonamides is 1. The third-order valence-electron chi connectivity index (χ3n) is 7.93. The second kappa shape index (κ2) is 13.2. The number of nitrogens with one attached hydrogen (secondary N) is 2. The van der Waals surface area contributed by atoms with E-state index in [-0.39, 0.29) is 58.5 Å². The number of hydrogen-bond acceptors (Lipinski definition) is 6. The van der Waals surface area contributed by atoms with E-state index in [0.717, 1.165) is 25.2 Å². The number of alkyl halides is 5. The van der Waals surface area contributed by atoms with Crippen molar-refractivity contribution in [1.29, 1.82) is 0 Å². The van der Waals surface area contributed by atoms with Crippen molar-refractivity contribution >= 4 is 32.2 Å². The normalized spacial score (nSPS) is 16.8. The standard InChI is InChI=1S/C33H34F5N3O3S2/c1-31(2,33(36,37)38)17-19-44-24-12-8-10-22(20-24)29-28-26-14-4-5-15-27(26)32(34,35)16-6-3-7-18-39-23-11-9-13-25(21-23)46(42,43)41-30(40-28)45-29/h4-5,8-15,20-21,39H,3,6-7,16-19H2,1-2H3,(H,40,41). The van der Waals surface area contributed by atoms with Crippen LogP contribution in [0.1, 0.15) is 51.5 Å². The molecule has 3 aromatic carbocycles. The van der Waals surface area contributed by atoms with Crippen molar-refractivity contribution in [2.75, 3.05) is 23.2 Å². The van der Waals surface area contributed by atoms with Crippen molar-refractivity contribution in [2.24, 2.45) is 5.41 Å². The first-order valence-electron chi connectivity index (χ1n) is 14.8. The zero-order chi connectivity index (χ0) is 33.2. The maximum Gasteiger partial charge on any atom is 0.394 e. The fourth-order valence-corrected chi connectivity index (χ4v) is 7.26. The Morgan fingerprint density at radius 1 is 0.957 bits per heavy atom. The maximum absolute atomic E-state index is 15.8. The first-order chi connectivity index (χ1) is 21.7. The van der Waals surface area contributed by atoms with Crippen LogP contribution >= 0.6 is 11.3 Å². The van der Waals surface area contributed by atoms with Crippen LogP contribution in [0.3, 0.4) is 0 Å². The molecule has 6 nitrogen and oxygen atoms in total. The number of benzene rings is 3. The van der Waals surface area contributed by atoms with Crippen molar-refractivity contribution in [3.8, 4) is 27.4 Å². The molecule has 0 saturated carbocycles. The minimum Gasteiger partial charge on any atom is -0.494 e.